The van der Waals surface area contributed by atoms with Crippen LogP contribution < -0.4 is 0 Å². The molecule has 1 saturated heterocycles. The van der Waals surface area contributed by atoms with E-state index in [9.17, 15) is 4.79 Å². The molecule has 1 aliphatic rings. The molecule has 1 N–H and O–H groups in total. The Balaban J connectivity index is 2.29. The van der Waals surface area contributed by atoms with Crippen molar-refractivity contribution in [3.8, 4) is 0 Å². The third-order valence-electron chi connectivity index (χ3n) is 1.82. The van der Waals surface area contributed by atoms with E-state index in [-0.39, 0.29) is 0 Å². The lowest BCUT2D eigenvalue weighted by Gasteiger charge is -2.24. The lowest BCUT2D eigenvalue weighted by molar-refractivity contribution is -0.131. The van der Waals surface area contributed by atoms with Crippen molar-refractivity contribution in [1.29, 1.82) is 0 Å². The molecule has 3 nitrogen and oxygen atoms in total. The first-order chi connectivity index (χ1) is 5.29. The summed E-state index contributed by atoms with van der Waals surface area (Å²) in [5, 5.41) is 8.33. The maximum Gasteiger partial charge on any atom is 0.329 e. The number of carboxylic acids is 1. The molecule has 0 saturated carbocycles. The van der Waals surface area contributed by atoms with Gasteiger partial charge < -0.3 is 10.0 Å². The van der Waals surface area contributed by atoms with Crippen LogP contribution in [0.1, 0.15) is 19.3 Å². The van der Waals surface area contributed by atoms with E-state index in [4.69, 9.17) is 5.11 Å². The second kappa shape index (κ2) is 4.01. The first kappa shape index (κ1) is 8.11. The molecule has 0 amide bonds. The van der Waals surface area contributed by atoms with Crippen LogP contribution in [0.15, 0.2) is 12.3 Å². The second-order valence-electron chi connectivity index (χ2n) is 2.75. The first-order valence-corrected chi connectivity index (χ1v) is 3.94. The molecular weight excluding hydrogens is 142 g/mol. The molecular formula is C8H13NO2. The number of likely N-dealkylation sites (tertiary alicyclic amines) is 1. The van der Waals surface area contributed by atoms with Crippen LogP contribution in [-0.4, -0.2) is 29.1 Å². The van der Waals surface area contributed by atoms with E-state index in [1.54, 1.807) is 6.20 Å². The van der Waals surface area contributed by atoms with Gasteiger partial charge in [0.2, 0.25) is 0 Å². The molecule has 0 aromatic carbocycles. The Bertz CT molecular complexity index is 159. The lowest BCUT2D eigenvalue weighted by atomic mass is 10.1. The van der Waals surface area contributed by atoms with Crippen LogP contribution in [-0.2, 0) is 4.79 Å². The van der Waals surface area contributed by atoms with Gasteiger partial charge in [-0.25, -0.2) is 4.79 Å². The van der Waals surface area contributed by atoms with Gasteiger partial charge >= 0.3 is 5.97 Å². The molecule has 1 heterocycles. The molecule has 0 bridgehead atoms. The summed E-state index contributed by atoms with van der Waals surface area (Å²) in [6.07, 6.45) is 6.51. The van der Waals surface area contributed by atoms with Crippen molar-refractivity contribution in [1.82, 2.24) is 4.90 Å². The van der Waals surface area contributed by atoms with E-state index in [0.717, 1.165) is 13.1 Å². The van der Waals surface area contributed by atoms with Crippen molar-refractivity contribution in [3.63, 3.8) is 0 Å². The fourth-order valence-electron chi connectivity index (χ4n) is 1.24. The summed E-state index contributed by atoms with van der Waals surface area (Å²) in [4.78, 5) is 12.2. The number of aliphatic carboxylic acids is 1. The molecule has 62 valence electrons. The van der Waals surface area contributed by atoms with Gasteiger partial charge in [0.15, 0.2) is 0 Å². The van der Waals surface area contributed by atoms with Crippen molar-refractivity contribution in [2.24, 2.45) is 0 Å². The van der Waals surface area contributed by atoms with Crippen LogP contribution in [0.3, 0.4) is 0 Å². The number of rotatable bonds is 2. The van der Waals surface area contributed by atoms with Gasteiger partial charge in [-0.1, -0.05) is 0 Å². The quantitative estimate of drug-likeness (QED) is 0.606. The average molecular weight is 155 g/mol. The SMILES string of the molecule is O=C(O)/C=C/N1CCCCC1. The topological polar surface area (TPSA) is 40.5 Å². The van der Waals surface area contributed by atoms with Crippen molar-refractivity contribution in [3.05, 3.63) is 12.3 Å². The van der Waals surface area contributed by atoms with Crippen LogP contribution in [0.2, 0.25) is 0 Å². The number of hydrogen-bond donors (Lipinski definition) is 1. The molecule has 0 aromatic heterocycles. The fraction of sp³-hybridized carbons (Fsp3) is 0.625. The Morgan fingerprint density at radius 2 is 1.91 bits per heavy atom. The minimum absolute atomic E-state index is 0.865. The van der Waals surface area contributed by atoms with Crippen LogP contribution in [0.4, 0.5) is 0 Å². The largest absolute Gasteiger partial charge is 0.478 e. The van der Waals surface area contributed by atoms with Crippen LogP contribution in [0.25, 0.3) is 0 Å². The summed E-state index contributed by atoms with van der Waals surface area (Å²) in [5.74, 6) is -0.865. The number of carbonyl (C=O) groups is 1. The van der Waals surface area contributed by atoms with Gasteiger partial charge in [-0.05, 0) is 19.3 Å². The van der Waals surface area contributed by atoms with Gasteiger partial charge in [0.05, 0.1) is 0 Å². The number of piperidine rings is 1. The molecule has 0 radical (unpaired) electrons. The smallest absolute Gasteiger partial charge is 0.329 e. The van der Waals surface area contributed by atoms with E-state index >= 15 is 0 Å². The highest BCUT2D eigenvalue weighted by Crippen LogP contribution is 2.08. The molecule has 0 aliphatic carbocycles. The molecule has 1 rings (SSSR count). The van der Waals surface area contributed by atoms with E-state index in [2.05, 4.69) is 4.90 Å². The summed E-state index contributed by atoms with van der Waals surface area (Å²) in [5.41, 5.74) is 0. The van der Waals surface area contributed by atoms with E-state index in [1.165, 1.54) is 25.3 Å². The number of nitrogens with zero attached hydrogens (tertiary/aromatic N) is 1. The van der Waals surface area contributed by atoms with Crippen molar-refractivity contribution in [2.45, 2.75) is 19.3 Å². The zero-order chi connectivity index (χ0) is 8.10. The van der Waals surface area contributed by atoms with Crippen LogP contribution >= 0.6 is 0 Å². The van der Waals surface area contributed by atoms with E-state index in [1.807, 2.05) is 0 Å². The Morgan fingerprint density at radius 1 is 1.27 bits per heavy atom. The fourth-order valence-corrected chi connectivity index (χ4v) is 1.24. The van der Waals surface area contributed by atoms with Crippen molar-refractivity contribution in [2.75, 3.05) is 13.1 Å². The van der Waals surface area contributed by atoms with E-state index < -0.39 is 5.97 Å². The van der Waals surface area contributed by atoms with Crippen LogP contribution in [0, 0.1) is 0 Å². The molecule has 0 unspecified atom stereocenters. The highest BCUT2D eigenvalue weighted by Gasteiger charge is 2.04. The van der Waals surface area contributed by atoms with Gasteiger partial charge in [-0.3, -0.25) is 0 Å². The van der Waals surface area contributed by atoms with Gasteiger partial charge in [0, 0.05) is 25.4 Å². The summed E-state index contributed by atoms with van der Waals surface area (Å²) < 4.78 is 0. The molecule has 0 atom stereocenters. The van der Waals surface area contributed by atoms with Gasteiger partial charge in [0.1, 0.15) is 0 Å². The number of carboxylic acid groups (broad SMARTS) is 1. The second-order valence-corrected chi connectivity index (χ2v) is 2.75. The standard InChI is InChI=1S/C8H13NO2/c10-8(11)4-7-9-5-2-1-3-6-9/h4,7H,1-3,5-6H2,(H,10,11)/b7-4+. The summed E-state index contributed by atoms with van der Waals surface area (Å²) in [7, 11) is 0. The molecule has 1 fully saturated rings. The number of hydrogen-bond acceptors (Lipinski definition) is 2. The van der Waals surface area contributed by atoms with Crippen molar-refractivity contribution >= 4 is 5.97 Å². The summed E-state index contributed by atoms with van der Waals surface area (Å²) in [6.45, 7) is 2.01. The van der Waals surface area contributed by atoms with Crippen LogP contribution in [0.5, 0.6) is 0 Å². The Morgan fingerprint density at radius 3 is 2.45 bits per heavy atom. The Kier molecular flexibility index (Phi) is 2.95. The lowest BCUT2D eigenvalue weighted by Crippen LogP contribution is -2.24. The highest BCUT2D eigenvalue weighted by atomic mass is 16.4. The predicted molar refractivity (Wildman–Crippen MR) is 42.2 cm³/mol. The average Bonchev–Trinajstić information content (AvgIpc) is 2.03. The third-order valence-corrected chi connectivity index (χ3v) is 1.82. The summed E-state index contributed by atoms with van der Waals surface area (Å²) >= 11 is 0. The highest BCUT2D eigenvalue weighted by molar-refractivity contribution is 5.79. The molecule has 11 heavy (non-hydrogen) atoms. The zero-order valence-corrected chi connectivity index (χ0v) is 6.49. The molecule has 0 spiro atoms. The summed E-state index contributed by atoms with van der Waals surface area (Å²) in [6, 6.07) is 0. The minimum Gasteiger partial charge on any atom is -0.478 e. The van der Waals surface area contributed by atoms with Gasteiger partial charge in [-0.2, -0.15) is 0 Å². The molecule has 3 heteroatoms. The third kappa shape index (κ3) is 3.07. The van der Waals surface area contributed by atoms with Crippen molar-refractivity contribution < 1.29 is 9.90 Å². The maximum absolute atomic E-state index is 10.1. The first-order valence-electron chi connectivity index (χ1n) is 3.94. The molecule has 0 aromatic rings. The van der Waals surface area contributed by atoms with E-state index in [0.29, 0.717) is 0 Å². The van der Waals surface area contributed by atoms with Gasteiger partial charge in [-0.15, -0.1) is 0 Å². The Hall–Kier alpha value is -0.990. The maximum atomic E-state index is 10.1. The monoisotopic (exact) mass is 155 g/mol. The minimum atomic E-state index is -0.865. The molecule has 1 aliphatic heterocycles. The Labute approximate surface area is 66.3 Å². The van der Waals surface area contributed by atoms with Gasteiger partial charge in [0.25, 0.3) is 0 Å². The normalized spacial score (nSPS) is 19.1. The zero-order valence-electron chi connectivity index (χ0n) is 6.49. The predicted octanol–water partition coefficient (Wildman–Crippen LogP) is 1.07.